The number of amides is 1. The summed E-state index contributed by atoms with van der Waals surface area (Å²) in [7, 11) is 0. The van der Waals surface area contributed by atoms with Crippen molar-refractivity contribution >= 4 is 17.5 Å². The van der Waals surface area contributed by atoms with Gasteiger partial charge in [0.05, 0.1) is 22.6 Å². The molecule has 0 saturated heterocycles. The Morgan fingerprint density at radius 3 is 2.83 bits per heavy atom. The fourth-order valence-electron chi connectivity index (χ4n) is 1.57. The van der Waals surface area contributed by atoms with E-state index in [4.69, 9.17) is 16.9 Å². The van der Waals surface area contributed by atoms with Crippen molar-refractivity contribution < 1.29 is 9.18 Å². The van der Waals surface area contributed by atoms with Gasteiger partial charge in [0.15, 0.2) is 0 Å². The first kappa shape index (κ1) is 14.5. The van der Waals surface area contributed by atoms with Crippen molar-refractivity contribution in [1.82, 2.24) is 4.90 Å². The molecule has 0 fully saturated rings. The van der Waals surface area contributed by atoms with Gasteiger partial charge in [-0.3, -0.25) is 4.79 Å². The number of hydrogen-bond donors (Lipinski definition) is 0. The summed E-state index contributed by atoms with van der Waals surface area (Å²) in [5, 5.41) is 8.58. The van der Waals surface area contributed by atoms with E-state index < -0.39 is 5.82 Å². The normalized spacial score (nSPS) is 11.7. The number of hydrogen-bond acceptors (Lipinski definition) is 2. The maximum Gasteiger partial charge on any atom is 0.255 e. The summed E-state index contributed by atoms with van der Waals surface area (Å²) < 4.78 is 13.3. The monoisotopic (exact) mass is 268 g/mol. The third-order valence-electron chi connectivity index (χ3n) is 2.57. The number of benzene rings is 1. The Morgan fingerprint density at radius 2 is 2.28 bits per heavy atom. The molecule has 0 bridgehead atoms. The van der Waals surface area contributed by atoms with Crippen LogP contribution in [0.15, 0.2) is 18.2 Å². The van der Waals surface area contributed by atoms with E-state index in [9.17, 15) is 9.18 Å². The predicted octanol–water partition coefficient (Wildman–Crippen LogP) is 3.10. The number of carbonyl (C=O) groups excluding carboxylic acids is 1. The second-order valence-electron chi connectivity index (χ2n) is 3.98. The van der Waals surface area contributed by atoms with Crippen molar-refractivity contribution in [2.24, 2.45) is 5.92 Å². The zero-order valence-electron chi connectivity index (χ0n) is 10.3. The van der Waals surface area contributed by atoms with Crippen LogP contribution >= 0.6 is 11.6 Å². The molecule has 18 heavy (non-hydrogen) atoms. The summed E-state index contributed by atoms with van der Waals surface area (Å²) in [4.78, 5) is 13.6. The molecule has 0 aromatic heterocycles. The molecule has 1 amide bonds. The van der Waals surface area contributed by atoms with Crippen molar-refractivity contribution in [2.45, 2.75) is 13.8 Å². The van der Waals surface area contributed by atoms with Gasteiger partial charge in [0.25, 0.3) is 5.91 Å². The van der Waals surface area contributed by atoms with Gasteiger partial charge in [0.1, 0.15) is 5.82 Å². The van der Waals surface area contributed by atoms with Gasteiger partial charge in [0.2, 0.25) is 0 Å². The topological polar surface area (TPSA) is 44.1 Å². The van der Waals surface area contributed by atoms with E-state index in [2.05, 4.69) is 6.07 Å². The van der Waals surface area contributed by atoms with Crippen LogP contribution in [0.4, 0.5) is 4.39 Å². The highest BCUT2D eigenvalue weighted by Crippen LogP contribution is 2.21. The van der Waals surface area contributed by atoms with E-state index >= 15 is 0 Å². The maximum absolute atomic E-state index is 13.3. The molecule has 96 valence electrons. The second kappa shape index (κ2) is 6.36. The van der Waals surface area contributed by atoms with Crippen LogP contribution in [0.5, 0.6) is 0 Å². The van der Waals surface area contributed by atoms with Gasteiger partial charge in [-0.05, 0) is 26.0 Å². The number of halogens is 2. The minimum atomic E-state index is -0.619. The minimum absolute atomic E-state index is 0.128. The number of nitriles is 1. The predicted molar refractivity (Wildman–Crippen MR) is 67.8 cm³/mol. The molecule has 0 radical (unpaired) electrons. The Morgan fingerprint density at radius 1 is 1.61 bits per heavy atom. The maximum atomic E-state index is 13.3. The lowest BCUT2D eigenvalue weighted by atomic mass is 10.1. The molecule has 1 rings (SSSR count). The summed E-state index contributed by atoms with van der Waals surface area (Å²) in [6.07, 6.45) is 0. The highest BCUT2D eigenvalue weighted by Gasteiger charge is 2.20. The van der Waals surface area contributed by atoms with Gasteiger partial charge in [-0.2, -0.15) is 5.26 Å². The first-order valence-corrected chi connectivity index (χ1v) is 6.02. The van der Waals surface area contributed by atoms with Gasteiger partial charge in [-0.25, -0.2) is 4.39 Å². The minimum Gasteiger partial charge on any atom is -0.338 e. The van der Waals surface area contributed by atoms with Crippen molar-refractivity contribution in [2.75, 3.05) is 13.1 Å². The van der Waals surface area contributed by atoms with E-state index in [1.165, 1.54) is 23.1 Å². The summed E-state index contributed by atoms with van der Waals surface area (Å²) >= 11 is 5.77. The average Bonchev–Trinajstić information content (AvgIpc) is 2.38. The molecular formula is C13H14ClFN2O. The molecule has 1 aromatic carbocycles. The van der Waals surface area contributed by atoms with E-state index in [0.717, 1.165) is 0 Å². The molecule has 1 atom stereocenters. The standard InChI is InChI=1S/C13H14ClFN2O/c1-3-17(8-9(2)7-16)13(18)10-5-4-6-11(15)12(10)14/h4-6,9H,3,8H2,1-2H3. The molecule has 0 aliphatic rings. The molecule has 0 aliphatic heterocycles. The van der Waals surface area contributed by atoms with Crippen molar-refractivity contribution in [3.8, 4) is 6.07 Å². The Hall–Kier alpha value is -1.60. The van der Waals surface area contributed by atoms with Gasteiger partial charge >= 0.3 is 0 Å². The van der Waals surface area contributed by atoms with Crippen LogP contribution in [-0.2, 0) is 0 Å². The quantitative estimate of drug-likeness (QED) is 0.842. The lowest BCUT2D eigenvalue weighted by Crippen LogP contribution is -2.34. The van der Waals surface area contributed by atoms with Crippen LogP contribution in [0.25, 0.3) is 0 Å². The Kier molecular flexibility index (Phi) is 5.11. The Labute approximate surface area is 111 Å². The molecule has 0 N–H and O–H groups in total. The van der Waals surface area contributed by atoms with Gasteiger partial charge in [-0.15, -0.1) is 0 Å². The third kappa shape index (κ3) is 3.21. The van der Waals surface area contributed by atoms with Crippen molar-refractivity contribution in [3.63, 3.8) is 0 Å². The van der Waals surface area contributed by atoms with Gasteiger partial charge in [-0.1, -0.05) is 17.7 Å². The molecule has 3 nitrogen and oxygen atoms in total. The fraction of sp³-hybridized carbons (Fsp3) is 0.385. The summed E-state index contributed by atoms with van der Waals surface area (Å²) in [5.74, 6) is -1.25. The first-order chi connectivity index (χ1) is 8.51. The van der Waals surface area contributed by atoms with Crippen LogP contribution in [0.1, 0.15) is 24.2 Å². The van der Waals surface area contributed by atoms with Gasteiger partial charge < -0.3 is 4.90 Å². The molecule has 1 unspecified atom stereocenters. The second-order valence-corrected chi connectivity index (χ2v) is 4.35. The Bertz CT molecular complexity index is 484. The zero-order chi connectivity index (χ0) is 13.7. The summed E-state index contributed by atoms with van der Waals surface area (Å²) in [6, 6.07) is 6.18. The lowest BCUT2D eigenvalue weighted by Gasteiger charge is -2.22. The highest BCUT2D eigenvalue weighted by atomic mass is 35.5. The molecular weight excluding hydrogens is 255 g/mol. The van der Waals surface area contributed by atoms with Crippen LogP contribution in [-0.4, -0.2) is 23.9 Å². The third-order valence-corrected chi connectivity index (χ3v) is 2.95. The SMILES string of the molecule is CCN(CC(C)C#N)C(=O)c1cccc(F)c1Cl. The fourth-order valence-corrected chi connectivity index (χ4v) is 1.77. The van der Waals surface area contributed by atoms with E-state index in [-0.39, 0.29) is 22.4 Å². The van der Waals surface area contributed by atoms with Crippen LogP contribution in [0, 0.1) is 23.1 Å². The van der Waals surface area contributed by atoms with Crippen LogP contribution in [0.2, 0.25) is 5.02 Å². The van der Waals surface area contributed by atoms with E-state index in [1.807, 2.05) is 0 Å². The summed E-state index contributed by atoms with van der Waals surface area (Å²) in [6.45, 7) is 4.27. The number of nitrogens with zero attached hydrogens (tertiary/aromatic N) is 2. The first-order valence-electron chi connectivity index (χ1n) is 5.64. The van der Waals surface area contributed by atoms with Gasteiger partial charge in [0, 0.05) is 13.1 Å². The number of rotatable bonds is 4. The molecule has 0 aliphatic carbocycles. The molecule has 1 aromatic rings. The van der Waals surface area contributed by atoms with E-state index in [1.54, 1.807) is 13.8 Å². The molecule has 0 spiro atoms. The smallest absolute Gasteiger partial charge is 0.255 e. The molecule has 0 heterocycles. The Balaban J connectivity index is 2.97. The highest BCUT2D eigenvalue weighted by molar-refractivity contribution is 6.34. The molecule has 0 saturated carbocycles. The summed E-state index contributed by atoms with van der Waals surface area (Å²) in [5.41, 5.74) is 0.128. The van der Waals surface area contributed by atoms with Crippen molar-refractivity contribution in [1.29, 1.82) is 5.26 Å². The zero-order valence-corrected chi connectivity index (χ0v) is 11.0. The van der Waals surface area contributed by atoms with Crippen LogP contribution in [0.3, 0.4) is 0 Å². The number of carbonyl (C=O) groups is 1. The largest absolute Gasteiger partial charge is 0.338 e. The van der Waals surface area contributed by atoms with Crippen molar-refractivity contribution in [3.05, 3.63) is 34.6 Å². The average molecular weight is 269 g/mol. The molecule has 5 heteroatoms. The lowest BCUT2D eigenvalue weighted by molar-refractivity contribution is 0.0752. The van der Waals surface area contributed by atoms with E-state index in [0.29, 0.717) is 13.1 Å². The van der Waals surface area contributed by atoms with Crippen LogP contribution < -0.4 is 0 Å².